The predicted octanol–water partition coefficient (Wildman–Crippen LogP) is -0.403. The van der Waals surface area contributed by atoms with Gasteiger partial charge in [0.2, 0.25) is 0 Å². The molecule has 1 aromatic rings. The molecule has 0 saturated carbocycles. The highest BCUT2D eigenvalue weighted by Crippen LogP contribution is 2.01. The second-order valence-corrected chi connectivity index (χ2v) is 3.22. The summed E-state index contributed by atoms with van der Waals surface area (Å²) < 4.78 is 10.6. The fourth-order valence-electron chi connectivity index (χ4n) is 1.34. The summed E-state index contributed by atoms with van der Waals surface area (Å²) in [5.41, 5.74) is -0.228. The van der Waals surface area contributed by atoms with Crippen molar-refractivity contribution in [3.63, 3.8) is 0 Å². The Kier molecular flexibility index (Phi) is 3.31. The molecule has 1 atom stereocenters. The molecule has 1 aliphatic heterocycles. The van der Waals surface area contributed by atoms with Crippen molar-refractivity contribution >= 4 is 5.82 Å². The Morgan fingerprint density at radius 3 is 3.27 bits per heavy atom. The third-order valence-corrected chi connectivity index (χ3v) is 2.09. The minimum absolute atomic E-state index is 0.0137. The van der Waals surface area contributed by atoms with Gasteiger partial charge in [0.15, 0.2) is 5.82 Å². The van der Waals surface area contributed by atoms with E-state index in [4.69, 9.17) is 9.47 Å². The predicted molar refractivity (Wildman–Crippen MR) is 53.9 cm³/mol. The molecule has 1 fully saturated rings. The molecule has 6 heteroatoms. The minimum Gasteiger partial charge on any atom is -0.376 e. The fourth-order valence-corrected chi connectivity index (χ4v) is 1.34. The van der Waals surface area contributed by atoms with E-state index in [2.05, 4.69) is 15.3 Å². The number of ether oxygens (including phenoxy) is 2. The fraction of sp³-hybridized carbons (Fsp3) is 0.556. The van der Waals surface area contributed by atoms with Crippen LogP contribution in [-0.2, 0) is 9.47 Å². The van der Waals surface area contributed by atoms with Gasteiger partial charge in [0, 0.05) is 18.9 Å². The zero-order valence-electron chi connectivity index (χ0n) is 8.23. The molecule has 1 saturated heterocycles. The van der Waals surface area contributed by atoms with Crippen molar-refractivity contribution in [3.05, 3.63) is 22.7 Å². The highest BCUT2D eigenvalue weighted by atomic mass is 16.6. The van der Waals surface area contributed by atoms with Gasteiger partial charge in [-0.1, -0.05) is 0 Å². The maximum Gasteiger partial charge on any atom is 0.290 e. The van der Waals surface area contributed by atoms with E-state index in [1.807, 2.05) is 0 Å². The zero-order chi connectivity index (χ0) is 10.5. The number of rotatable bonds is 3. The highest BCUT2D eigenvalue weighted by molar-refractivity contribution is 5.30. The van der Waals surface area contributed by atoms with Gasteiger partial charge in [0.1, 0.15) is 0 Å². The van der Waals surface area contributed by atoms with Gasteiger partial charge in [-0.25, -0.2) is 4.98 Å². The van der Waals surface area contributed by atoms with E-state index in [0.717, 1.165) is 0 Å². The SMILES string of the molecule is O=c1[nH]ccnc1NCC1COCCO1. The summed E-state index contributed by atoms with van der Waals surface area (Å²) >= 11 is 0. The molecule has 1 unspecified atom stereocenters. The van der Waals surface area contributed by atoms with Crippen LogP contribution in [0.25, 0.3) is 0 Å². The van der Waals surface area contributed by atoms with Gasteiger partial charge >= 0.3 is 0 Å². The van der Waals surface area contributed by atoms with Gasteiger partial charge in [-0.3, -0.25) is 4.79 Å². The highest BCUT2D eigenvalue weighted by Gasteiger charge is 2.14. The maximum atomic E-state index is 11.2. The first-order chi connectivity index (χ1) is 7.36. The van der Waals surface area contributed by atoms with Crippen LogP contribution in [0.15, 0.2) is 17.2 Å². The topological polar surface area (TPSA) is 76.2 Å². The third-order valence-electron chi connectivity index (χ3n) is 2.09. The molecule has 2 rings (SSSR count). The standard InChI is InChI=1S/C9H13N3O3/c13-9-8(10-1-2-11-9)12-5-7-6-14-3-4-15-7/h1-2,7H,3-6H2,(H,10,12)(H,11,13). The smallest absolute Gasteiger partial charge is 0.290 e. The Bertz CT molecular complexity index is 360. The summed E-state index contributed by atoms with van der Waals surface area (Å²) in [6.07, 6.45) is 3.01. The second kappa shape index (κ2) is 4.90. The molecule has 0 aromatic carbocycles. The number of aromatic amines is 1. The second-order valence-electron chi connectivity index (χ2n) is 3.22. The molecular formula is C9H13N3O3. The number of aromatic nitrogens is 2. The lowest BCUT2D eigenvalue weighted by Gasteiger charge is -2.22. The molecule has 15 heavy (non-hydrogen) atoms. The number of anilines is 1. The summed E-state index contributed by atoms with van der Waals surface area (Å²) in [5.74, 6) is 0.312. The average Bonchev–Trinajstić information content (AvgIpc) is 2.29. The van der Waals surface area contributed by atoms with Gasteiger partial charge in [0.25, 0.3) is 5.56 Å². The van der Waals surface area contributed by atoms with Crippen LogP contribution in [0.2, 0.25) is 0 Å². The van der Waals surface area contributed by atoms with Crippen LogP contribution >= 0.6 is 0 Å². The Morgan fingerprint density at radius 2 is 2.53 bits per heavy atom. The number of nitrogens with zero attached hydrogens (tertiary/aromatic N) is 1. The first-order valence-electron chi connectivity index (χ1n) is 4.83. The molecule has 2 N–H and O–H groups in total. The Hall–Kier alpha value is -1.40. The number of hydrogen-bond donors (Lipinski definition) is 2. The van der Waals surface area contributed by atoms with Crippen LogP contribution in [0, 0.1) is 0 Å². The van der Waals surface area contributed by atoms with E-state index in [1.54, 1.807) is 0 Å². The van der Waals surface area contributed by atoms with Crippen LogP contribution in [0.3, 0.4) is 0 Å². The lowest BCUT2D eigenvalue weighted by atomic mass is 10.3. The summed E-state index contributed by atoms with van der Waals surface area (Å²) in [5, 5.41) is 2.92. The molecular weight excluding hydrogens is 198 g/mol. The van der Waals surface area contributed by atoms with Crippen molar-refractivity contribution in [2.24, 2.45) is 0 Å². The Balaban J connectivity index is 1.87. The molecule has 0 radical (unpaired) electrons. The van der Waals surface area contributed by atoms with E-state index in [1.165, 1.54) is 12.4 Å². The largest absolute Gasteiger partial charge is 0.376 e. The summed E-state index contributed by atoms with van der Waals surface area (Å²) in [7, 11) is 0. The van der Waals surface area contributed by atoms with Crippen LogP contribution in [0.5, 0.6) is 0 Å². The number of H-pyrrole nitrogens is 1. The monoisotopic (exact) mass is 211 g/mol. The van der Waals surface area contributed by atoms with Crippen LogP contribution < -0.4 is 10.9 Å². The Labute approximate surface area is 86.6 Å². The molecule has 0 amide bonds. The number of hydrogen-bond acceptors (Lipinski definition) is 5. The first kappa shape index (κ1) is 10.1. The van der Waals surface area contributed by atoms with Crippen molar-refractivity contribution in [2.75, 3.05) is 31.7 Å². The van der Waals surface area contributed by atoms with Crippen molar-refractivity contribution in [2.45, 2.75) is 6.10 Å². The molecule has 1 aromatic heterocycles. The molecule has 0 bridgehead atoms. The molecule has 0 spiro atoms. The zero-order valence-corrected chi connectivity index (χ0v) is 8.23. The molecule has 82 valence electrons. The maximum absolute atomic E-state index is 11.2. The molecule has 2 heterocycles. The van der Waals surface area contributed by atoms with Crippen LogP contribution in [0.4, 0.5) is 5.82 Å². The van der Waals surface area contributed by atoms with Crippen LogP contribution in [-0.4, -0.2) is 42.4 Å². The lowest BCUT2D eigenvalue weighted by molar-refractivity contribution is -0.0819. The molecule has 1 aliphatic rings. The normalized spacial score (nSPS) is 21.2. The lowest BCUT2D eigenvalue weighted by Crippen LogP contribution is -2.35. The van der Waals surface area contributed by atoms with Gasteiger partial charge in [-0.05, 0) is 0 Å². The van der Waals surface area contributed by atoms with Crippen LogP contribution in [0.1, 0.15) is 0 Å². The van der Waals surface area contributed by atoms with Crippen molar-refractivity contribution < 1.29 is 9.47 Å². The van der Waals surface area contributed by atoms with Gasteiger partial charge in [-0.2, -0.15) is 0 Å². The average molecular weight is 211 g/mol. The number of nitrogens with one attached hydrogen (secondary N) is 2. The van der Waals surface area contributed by atoms with Gasteiger partial charge in [0.05, 0.1) is 25.9 Å². The van der Waals surface area contributed by atoms with Gasteiger partial charge < -0.3 is 19.8 Å². The van der Waals surface area contributed by atoms with Crippen molar-refractivity contribution in [1.82, 2.24) is 9.97 Å². The summed E-state index contributed by atoms with van der Waals surface area (Å²) in [6, 6.07) is 0. The van der Waals surface area contributed by atoms with E-state index in [-0.39, 0.29) is 11.7 Å². The van der Waals surface area contributed by atoms with E-state index >= 15 is 0 Å². The van der Waals surface area contributed by atoms with Gasteiger partial charge in [-0.15, -0.1) is 0 Å². The Morgan fingerprint density at radius 1 is 1.60 bits per heavy atom. The van der Waals surface area contributed by atoms with E-state index in [9.17, 15) is 4.79 Å². The first-order valence-corrected chi connectivity index (χ1v) is 4.83. The molecule has 6 nitrogen and oxygen atoms in total. The van der Waals surface area contributed by atoms with Crippen molar-refractivity contribution in [3.8, 4) is 0 Å². The molecule has 0 aliphatic carbocycles. The van der Waals surface area contributed by atoms with Crippen molar-refractivity contribution in [1.29, 1.82) is 0 Å². The third kappa shape index (κ3) is 2.77. The summed E-state index contributed by atoms with van der Waals surface area (Å²) in [6.45, 7) is 2.32. The minimum atomic E-state index is -0.228. The summed E-state index contributed by atoms with van der Waals surface area (Å²) in [4.78, 5) is 17.7. The van der Waals surface area contributed by atoms with E-state index in [0.29, 0.717) is 32.2 Å². The quantitative estimate of drug-likeness (QED) is 0.711. The van der Waals surface area contributed by atoms with E-state index < -0.39 is 0 Å².